The van der Waals surface area contributed by atoms with Crippen molar-refractivity contribution in [3.63, 3.8) is 0 Å². The van der Waals surface area contributed by atoms with Crippen molar-refractivity contribution < 1.29 is 88.1 Å². The normalized spacial score (nSPS) is 10.3. The van der Waals surface area contributed by atoms with Crippen molar-refractivity contribution in [2.75, 3.05) is 6.61 Å². The minimum atomic E-state index is -1.83. The molecule has 32 heavy (non-hydrogen) atoms. The first kappa shape index (κ1) is 26.1. The number of carboxylic acid groups (broad SMARTS) is 2. The summed E-state index contributed by atoms with van der Waals surface area (Å²) in [5.41, 5.74) is 4.23. The number of nitrogens with zero attached hydrogens (tertiary/aromatic N) is 1. The number of carbonyl (C=O) groups is 2. The molecule has 0 atom stereocenters. The molecular weight excluding hydrogens is 432 g/mol. The molecule has 0 saturated heterocycles. The summed E-state index contributed by atoms with van der Waals surface area (Å²) in [7, 11) is 0. The monoisotopic (exact) mass is 447 g/mol. The zero-order chi connectivity index (χ0) is 21.1. The Morgan fingerprint density at radius 1 is 0.812 bits per heavy atom. The number of aliphatic carboxylic acids is 2. The van der Waals surface area contributed by atoms with Gasteiger partial charge in [0.1, 0.15) is 17.9 Å². The van der Waals surface area contributed by atoms with Gasteiger partial charge in [-0.1, -0.05) is 36.4 Å². The van der Waals surface area contributed by atoms with Crippen LogP contribution in [-0.2, 0) is 9.59 Å². The van der Waals surface area contributed by atoms with Crippen LogP contribution in [-0.4, -0.2) is 23.5 Å². The number of benzene rings is 3. The fourth-order valence-electron chi connectivity index (χ4n) is 2.96. The Labute approximate surface area is 228 Å². The van der Waals surface area contributed by atoms with E-state index in [0.717, 1.165) is 27.8 Å². The molecule has 0 amide bonds. The van der Waals surface area contributed by atoms with Gasteiger partial charge in [0.25, 0.3) is 0 Å². The number of para-hydroxylation sites is 2. The predicted molar refractivity (Wildman–Crippen MR) is 104 cm³/mol. The van der Waals surface area contributed by atoms with Crippen molar-refractivity contribution in [1.82, 2.24) is 4.98 Å². The molecule has 7 nitrogen and oxygen atoms in total. The smallest absolute Gasteiger partial charge is 0.549 e. The van der Waals surface area contributed by atoms with Crippen LogP contribution in [0, 0.1) is 5.92 Å². The molecule has 9 heteroatoms. The first-order chi connectivity index (χ1) is 14.5. The first-order valence-corrected chi connectivity index (χ1v) is 9.12. The first-order valence-electron chi connectivity index (χ1n) is 9.12. The van der Waals surface area contributed by atoms with Gasteiger partial charge in [0.05, 0.1) is 17.9 Å². The maximum Gasteiger partial charge on any atom is 1.00 e. The zero-order valence-electron chi connectivity index (χ0n) is 17.6. The number of hydrogen-bond acceptors (Lipinski definition) is 7. The van der Waals surface area contributed by atoms with Crippen molar-refractivity contribution >= 4 is 23.0 Å². The molecule has 0 unspecified atom stereocenters. The maximum atomic E-state index is 10.8. The quantitative estimate of drug-likeness (QED) is 0.208. The standard InChI is InChI=1S/C23H17NO6.2Na/c25-22(26)18(23(27)28)13-29-17-11-9-15(10-12-17)14-5-7-16(8-6-14)21-24-19-3-1-2-4-20(19)30-21;;/h1-12,18H,13H2,(H,25,26)(H,27,28);;/q;2*+1/p-2. The fraction of sp³-hybridized carbons (Fsp3) is 0.0870. The maximum absolute atomic E-state index is 10.8. The molecule has 4 rings (SSSR count). The van der Waals surface area contributed by atoms with E-state index in [2.05, 4.69) is 4.98 Å². The molecule has 3 aromatic carbocycles. The van der Waals surface area contributed by atoms with Gasteiger partial charge in [-0.2, -0.15) is 0 Å². The molecular formula is C23H15NNa2O6. The summed E-state index contributed by atoms with van der Waals surface area (Å²) >= 11 is 0. The number of carboxylic acids is 2. The van der Waals surface area contributed by atoms with Gasteiger partial charge in [-0.3, -0.25) is 0 Å². The summed E-state index contributed by atoms with van der Waals surface area (Å²) in [5.74, 6) is -4.43. The minimum Gasteiger partial charge on any atom is -0.549 e. The van der Waals surface area contributed by atoms with E-state index in [1.165, 1.54) is 0 Å². The Balaban J connectivity index is 0.00000181. The second-order valence-corrected chi connectivity index (χ2v) is 6.59. The second kappa shape index (κ2) is 11.7. The van der Waals surface area contributed by atoms with Crippen LogP contribution in [0.2, 0.25) is 0 Å². The molecule has 0 N–H and O–H groups in total. The average molecular weight is 447 g/mol. The molecule has 1 aromatic heterocycles. The zero-order valence-corrected chi connectivity index (χ0v) is 21.6. The Morgan fingerprint density at radius 3 is 1.91 bits per heavy atom. The summed E-state index contributed by atoms with van der Waals surface area (Å²) in [6.07, 6.45) is 0. The Bertz CT molecular complexity index is 1160. The third-order valence-electron chi connectivity index (χ3n) is 4.60. The SMILES string of the molecule is O=C([O-])C(COc1ccc(-c2ccc(-c3nc4ccccc4o3)cc2)cc1)C(=O)[O-].[Na+].[Na+]. The van der Waals surface area contributed by atoms with Crippen molar-refractivity contribution in [3.05, 3.63) is 72.8 Å². The number of aromatic nitrogens is 1. The molecule has 0 aliphatic heterocycles. The molecule has 1 heterocycles. The molecule has 0 fully saturated rings. The number of carbonyl (C=O) groups excluding carboxylic acids is 2. The molecule has 150 valence electrons. The Morgan fingerprint density at radius 2 is 1.34 bits per heavy atom. The van der Waals surface area contributed by atoms with Gasteiger partial charge >= 0.3 is 59.1 Å². The molecule has 0 saturated carbocycles. The molecule has 0 radical (unpaired) electrons. The number of hydrogen-bond donors (Lipinski definition) is 0. The van der Waals surface area contributed by atoms with Gasteiger partial charge in [-0.05, 0) is 47.5 Å². The summed E-state index contributed by atoms with van der Waals surface area (Å²) < 4.78 is 11.0. The second-order valence-electron chi connectivity index (χ2n) is 6.59. The van der Waals surface area contributed by atoms with E-state index in [1.54, 1.807) is 24.3 Å². The van der Waals surface area contributed by atoms with Gasteiger partial charge in [-0.15, -0.1) is 0 Å². The van der Waals surface area contributed by atoms with Gasteiger partial charge in [-0.25, -0.2) is 4.98 Å². The topological polar surface area (TPSA) is 116 Å². The van der Waals surface area contributed by atoms with Crippen LogP contribution in [0.5, 0.6) is 5.75 Å². The van der Waals surface area contributed by atoms with Crippen molar-refractivity contribution in [2.45, 2.75) is 0 Å². The molecule has 0 aliphatic carbocycles. The van der Waals surface area contributed by atoms with E-state index in [9.17, 15) is 19.8 Å². The van der Waals surface area contributed by atoms with Crippen molar-refractivity contribution in [2.24, 2.45) is 5.92 Å². The summed E-state index contributed by atoms with van der Waals surface area (Å²) in [4.78, 5) is 26.0. The van der Waals surface area contributed by atoms with E-state index in [-0.39, 0.29) is 59.1 Å². The van der Waals surface area contributed by atoms with E-state index in [4.69, 9.17) is 9.15 Å². The summed E-state index contributed by atoms with van der Waals surface area (Å²) in [6.45, 7) is -0.566. The number of ether oxygens (including phenoxy) is 1. The van der Waals surface area contributed by atoms with Crippen LogP contribution in [0.1, 0.15) is 0 Å². The van der Waals surface area contributed by atoms with Gasteiger partial charge < -0.3 is 29.0 Å². The van der Waals surface area contributed by atoms with Gasteiger partial charge in [0, 0.05) is 5.56 Å². The van der Waals surface area contributed by atoms with Crippen LogP contribution < -0.4 is 74.1 Å². The predicted octanol–water partition coefficient (Wildman–Crippen LogP) is -4.34. The van der Waals surface area contributed by atoms with Crippen molar-refractivity contribution in [3.8, 4) is 28.3 Å². The molecule has 0 aliphatic rings. The number of rotatable bonds is 7. The average Bonchev–Trinajstić information content (AvgIpc) is 3.18. The number of oxazole rings is 1. The van der Waals surface area contributed by atoms with Crippen molar-refractivity contribution in [1.29, 1.82) is 0 Å². The van der Waals surface area contributed by atoms with Gasteiger partial charge in [0.2, 0.25) is 5.89 Å². The van der Waals surface area contributed by atoms with Crippen LogP contribution in [0.3, 0.4) is 0 Å². The van der Waals surface area contributed by atoms with E-state index in [0.29, 0.717) is 11.6 Å². The minimum absolute atomic E-state index is 0. The van der Waals surface area contributed by atoms with Crippen LogP contribution >= 0.6 is 0 Å². The third kappa shape index (κ3) is 6.01. The molecule has 4 aromatic rings. The van der Waals surface area contributed by atoms with E-state index < -0.39 is 24.5 Å². The number of fused-ring (bicyclic) bond motifs is 1. The van der Waals surface area contributed by atoms with Crippen LogP contribution in [0.15, 0.2) is 77.2 Å². The van der Waals surface area contributed by atoms with E-state index >= 15 is 0 Å². The molecule has 0 spiro atoms. The van der Waals surface area contributed by atoms with E-state index in [1.807, 2.05) is 48.5 Å². The summed E-state index contributed by atoms with van der Waals surface area (Å²) in [5, 5.41) is 21.5. The van der Waals surface area contributed by atoms with Crippen LogP contribution in [0.25, 0.3) is 33.7 Å². The Kier molecular flexibility index (Phi) is 9.51. The largest absolute Gasteiger partial charge is 1.00 e. The third-order valence-corrected chi connectivity index (χ3v) is 4.60. The summed E-state index contributed by atoms with van der Waals surface area (Å²) in [6, 6.07) is 22.1. The van der Waals surface area contributed by atoms with Crippen LogP contribution in [0.4, 0.5) is 0 Å². The Hall–Kier alpha value is -2.13. The fourth-order valence-corrected chi connectivity index (χ4v) is 2.96. The molecule has 0 bridgehead atoms. The van der Waals surface area contributed by atoms with Gasteiger partial charge in [0.15, 0.2) is 5.58 Å².